The summed E-state index contributed by atoms with van der Waals surface area (Å²) in [7, 11) is -0.348. The van der Waals surface area contributed by atoms with Crippen LogP contribution in [0.3, 0.4) is 0 Å². The summed E-state index contributed by atoms with van der Waals surface area (Å²) in [6.07, 6.45) is 0. The van der Waals surface area contributed by atoms with E-state index in [1.807, 2.05) is 0 Å². The average molecular weight is 335 g/mol. The van der Waals surface area contributed by atoms with Gasteiger partial charge in [-0.1, -0.05) is 12.6 Å². The molecular formula is C3H9Cl5Si4. The first-order valence-corrected chi connectivity index (χ1v) is 20.7. The molecular weight excluding hydrogens is 326 g/mol. The lowest BCUT2D eigenvalue weighted by atomic mass is 11.0. The third kappa shape index (κ3) is 1.97. The summed E-state index contributed by atoms with van der Waals surface area (Å²) in [5.74, 6) is -2.06. The Morgan fingerprint density at radius 1 is 1.25 bits per heavy atom. The smallest absolute Gasteiger partial charge is 0.172 e. The second-order valence-corrected chi connectivity index (χ2v) is 49.5. The van der Waals surface area contributed by atoms with Crippen molar-refractivity contribution in [2.75, 3.05) is 0 Å². The van der Waals surface area contributed by atoms with Crippen LogP contribution in [-0.4, -0.2) is 27.4 Å². The van der Waals surface area contributed by atoms with Crippen molar-refractivity contribution in [1.29, 1.82) is 0 Å². The highest BCUT2D eigenvalue weighted by atomic mass is 35.9. The molecule has 0 radical (unpaired) electrons. The zero-order valence-corrected chi connectivity index (χ0v) is 14.7. The second kappa shape index (κ2) is 3.72. The molecule has 0 bridgehead atoms. The van der Waals surface area contributed by atoms with E-state index in [0.29, 0.717) is 0 Å². The minimum atomic E-state index is -2.67. The van der Waals surface area contributed by atoms with Gasteiger partial charge < -0.3 is 0 Å². The molecule has 0 spiro atoms. The molecule has 0 N–H and O–H groups in total. The van der Waals surface area contributed by atoms with Crippen molar-refractivity contribution in [2.24, 2.45) is 0 Å². The normalized spacial score (nSPS) is 45.5. The van der Waals surface area contributed by atoms with Gasteiger partial charge in [-0.25, -0.2) is 0 Å². The van der Waals surface area contributed by atoms with E-state index >= 15 is 0 Å². The predicted molar refractivity (Wildman–Crippen MR) is 70.5 cm³/mol. The lowest BCUT2D eigenvalue weighted by Crippen LogP contribution is -2.65. The van der Waals surface area contributed by atoms with Crippen LogP contribution in [0.5, 0.6) is 0 Å². The van der Waals surface area contributed by atoms with Crippen LogP contribution in [0.25, 0.3) is 0 Å². The second-order valence-electron chi connectivity index (χ2n) is 3.35. The molecule has 1 heterocycles. The summed E-state index contributed by atoms with van der Waals surface area (Å²) in [5.41, 5.74) is -2.67. The first-order chi connectivity index (χ1) is 5.21. The van der Waals surface area contributed by atoms with Crippen molar-refractivity contribution in [1.82, 2.24) is 0 Å². The molecule has 1 aliphatic heterocycles. The molecule has 72 valence electrons. The number of hydrogen-bond donors (Lipinski definition) is 0. The van der Waals surface area contributed by atoms with Gasteiger partial charge in [0.2, 0.25) is 0 Å². The molecule has 0 aromatic carbocycles. The molecule has 1 aliphatic rings. The van der Waals surface area contributed by atoms with E-state index in [9.17, 15) is 0 Å². The van der Waals surface area contributed by atoms with Gasteiger partial charge in [-0.05, 0) is 6.04 Å². The molecule has 0 amide bonds. The van der Waals surface area contributed by atoms with Crippen molar-refractivity contribution < 1.29 is 0 Å². The maximum Gasteiger partial charge on any atom is 0.337 e. The topological polar surface area (TPSA) is 0 Å². The fourth-order valence-electron chi connectivity index (χ4n) is 1.56. The largest absolute Gasteiger partial charge is 0.337 e. The standard InChI is InChI=1S/C3H9Cl5Si4/c1-10(4)3-2-9-12(10,8)11(5,6)7/h2-3,9H2,1H3. The molecule has 0 nitrogen and oxygen atoms in total. The Balaban J connectivity index is 2.98. The predicted octanol–water partition coefficient (Wildman–Crippen LogP) is 2.89. The van der Waals surface area contributed by atoms with E-state index in [4.69, 9.17) is 55.4 Å². The third-order valence-electron chi connectivity index (χ3n) is 2.44. The van der Waals surface area contributed by atoms with Gasteiger partial charge in [0, 0.05) is 9.04 Å². The van der Waals surface area contributed by atoms with Gasteiger partial charge in [0.25, 0.3) is 0 Å². The van der Waals surface area contributed by atoms with E-state index in [1.54, 1.807) is 0 Å². The Labute approximate surface area is 101 Å². The van der Waals surface area contributed by atoms with Gasteiger partial charge >= 0.3 is 5.52 Å². The minimum absolute atomic E-state index is 0.348. The molecule has 0 aromatic rings. The fraction of sp³-hybridized carbons (Fsp3) is 1.00. The maximum absolute atomic E-state index is 6.53. The molecule has 2 atom stereocenters. The monoisotopic (exact) mass is 332 g/mol. The summed E-state index contributed by atoms with van der Waals surface area (Å²) in [6.45, 7) is 0.261. The highest BCUT2D eigenvalue weighted by Gasteiger charge is 2.67. The Morgan fingerprint density at radius 3 is 1.92 bits per heavy atom. The maximum atomic E-state index is 6.53. The van der Waals surface area contributed by atoms with E-state index in [-0.39, 0.29) is 9.04 Å². The average Bonchev–Trinajstić information content (AvgIpc) is 2.07. The van der Waals surface area contributed by atoms with Crippen LogP contribution in [0.1, 0.15) is 0 Å². The van der Waals surface area contributed by atoms with Gasteiger partial charge in [0.15, 0.2) is 12.8 Å². The van der Waals surface area contributed by atoms with Crippen LogP contribution >= 0.6 is 55.4 Å². The van der Waals surface area contributed by atoms with E-state index < -0.39 is 18.4 Å². The lowest BCUT2D eigenvalue weighted by molar-refractivity contribution is 1.43. The van der Waals surface area contributed by atoms with Gasteiger partial charge in [-0.15, -0.1) is 33.2 Å². The van der Waals surface area contributed by atoms with Crippen LogP contribution in [0, 0.1) is 0 Å². The first-order valence-electron chi connectivity index (χ1n) is 3.65. The zero-order chi connectivity index (χ0) is 9.62. The summed E-state index contributed by atoms with van der Waals surface area (Å²) in [5, 5.41) is 0. The lowest BCUT2D eigenvalue weighted by Gasteiger charge is -2.33. The van der Waals surface area contributed by atoms with Gasteiger partial charge in [0.1, 0.15) is 0 Å². The Hall–Kier alpha value is 2.32. The van der Waals surface area contributed by atoms with Crippen LogP contribution < -0.4 is 0 Å². The summed E-state index contributed by atoms with van der Waals surface area (Å²) in [6, 6.07) is 2.28. The summed E-state index contributed by atoms with van der Waals surface area (Å²) in [4.78, 5) is 0. The molecule has 12 heavy (non-hydrogen) atoms. The molecule has 0 saturated carbocycles. The molecule has 2 unspecified atom stereocenters. The van der Waals surface area contributed by atoms with Crippen molar-refractivity contribution >= 4 is 82.8 Å². The number of halogens is 5. The van der Waals surface area contributed by atoms with Crippen molar-refractivity contribution in [2.45, 2.75) is 18.6 Å². The van der Waals surface area contributed by atoms with Crippen LogP contribution in [0.15, 0.2) is 0 Å². The van der Waals surface area contributed by atoms with E-state index in [1.165, 1.54) is 6.04 Å². The molecule has 9 heteroatoms. The molecule has 0 aromatic heterocycles. The van der Waals surface area contributed by atoms with Gasteiger partial charge in [0.05, 0.1) is 0 Å². The fourth-order valence-corrected chi connectivity index (χ4v) is 73.8. The van der Waals surface area contributed by atoms with Gasteiger partial charge in [-0.3, -0.25) is 0 Å². The quantitative estimate of drug-likeness (QED) is 0.511. The first kappa shape index (κ1) is 12.4. The third-order valence-corrected chi connectivity index (χ3v) is 82.0. The molecule has 1 fully saturated rings. The van der Waals surface area contributed by atoms with Crippen LogP contribution in [0.4, 0.5) is 0 Å². The van der Waals surface area contributed by atoms with E-state index in [0.717, 1.165) is 6.04 Å². The van der Waals surface area contributed by atoms with Crippen LogP contribution in [0.2, 0.25) is 18.6 Å². The zero-order valence-electron chi connectivity index (χ0n) is 6.51. The Kier molecular flexibility index (Phi) is 3.84. The van der Waals surface area contributed by atoms with Crippen LogP contribution in [-0.2, 0) is 0 Å². The Morgan fingerprint density at radius 2 is 1.75 bits per heavy atom. The van der Waals surface area contributed by atoms with Crippen molar-refractivity contribution in [3.63, 3.8) is 0 Å². The molecule has 1 rings (SSSR count). The highest BCUT2D eigenvalue weighted by molar-refractivity contribution is 8.17. The summed E-state index contributed by atoms with van der Waals surface area (Å²) < 4.78 is 0. The van der Waals surface area contributed by atoms with Crippen molar-refractivity contribution in [3.05, 3.63) is 0 Å². The van der Waals surface area contributed by atoms with Gasteiger partial charge in [-0.2, -0.15) is 22.2 Å². The highest BCUT2D eigenvalue weighted by Crippen LogP contribution is 2.47. The molecule has 0 aliphatic carbocycles. The van der Waals surface area contributed by atoms with E-state index in [2.05, 4.69) is 6.55 Å². The Bertz CT molecular complexity index is 190. The number of rotatable bonds is 1. The SMILES string of the molecule is C[Si]1(Cl)CC[SiH2][Si]1(Cl)[Si](Cl)(Cl)Cl. The summed E-state index contributed by atoms with van der Waals surface area (Å²) >= 11 is 31.1. The van der Waals surface area contributed by atoms with Crippen molar-refractivity contribution in [3.8, 4) is 0 Å². The number of hydrogen-bond acceptors (Lipinski definition) is 0. The minimum Gasteiger partial charge on any atom is -0.172 e. The molecule has 1 saturated heterocycles.